The molecule has 9 heteroatoms. The molecule has 25 heavy (non-hydrogen) atoms. The van der Waals surface area contributed by atoms with Crippen molar-refractivity contribution in [1.29, 1.82) is 0 Å². The Bertz CT molecular complexity index is 995. The number of anilines is 2. The lowest BCUT2D eigenvalue weighted by Gasteiger charge is -2.07. The third-order valence-corrected chi connectivity index (χ3v) is 4.23. The number of nitrogens with one attached hydrogen (secondary N) is 2. The minimum absolute atomic E-state index is 0.0408. The van der Waals surface area contributed by atoms with E-state index in [1.54, 1.807) is 10.6 Å². The van der Waals surface area contributed by atoms with Crippen molar-refractivity contribution >= 4 is 57.2 Å². The Labute approximate surface area is 150 Å². The van der Waals surface area contributed by atoms with Crippen LogP contribution in [0.3, 0.4) is 0 Å². The zero-order valence-electron chi connectivity index (χ0n) is 12.9. The van der Waals surface area contributed by atoms with Gasteiger partial charge in [-0.2, -0.15) is 0 Å². The Hall–Kier alpha value is -2.71. The second-order valence-corrected chi connectivity index (χ2v) is 6.27. The summed E-state index contributed by atoms with van der Waals surface area (Å²) in [6.45, 7) is 1.34. The number of imidazole rings is 1. The molecule has 128 valence electrons. The van der Waals surface area contributed by atoms with E-state index in [1.165, 1.54) is 42.5 Å². The molecule has 0 atom stereocenters. The molecule has 0 radical (unpaired) electrons. The van der Waals surface area contributed by atoms with Crippen molar-refractivity contribution in [3.8, 4) is 0 Å². The molecule has 2 amide bonds. The number of halogens is 2. The van der Waals surface area contributed by atoms with Gasteiger partial charge in [-0.25, -0.2) is 9.37 Å². The highest BCUT2D eigenvalue weighted by Gasteiger charge is 2.10. The van der Waals surface area contributed by atoms with E-state index in [-0.39, 0.29) is 16.7 Å². The molecule has 2 heterocycles. The molecule has 3 aromatic rings. The number of thiazole rings is 1. The molecular formula is C16H12ClFN4O2S. The zero-order valence-corrected chi connectivity index (χ0v) is 14.5. The van der Waals surface area contributed by atoms with Gasteiger partial charge in [-0.15, -0.1) is 11.3 Å². The second-order valence-electron chi connectivity index (χ2n) is 5.04. The number of benzene rings is 1. The summed E-state index contributed by atoms with van der Waals surface area (Å²) in [7, 11) is 0. The van der Waals surface area contributed by atoms with E-state index in [2.05, 4.69) is 15.6 Å². The van der Waals surface area contributed by atoms with Crippen molar-refractivity contribution in [2.24, 2.45) is 0 Å². The minimum atomic E-state index is -0.613. The standard InChI is InChI=1S/C16H12ClFN4O2S/c1-9(23)19-10-2-3-11(18)12(8-10)20-14(24)5-4-13-15(17)21-16-22(13)6-7-25-16/h2-8H,1H3,(H,19,23)(H,20,24)/b5-4+. The van der Waals surface area contributed by atoms with Crippen LogP contribution in [0.5, 0.6) is 0 Å². The molecule has 0 bridgehead atoms. The van der Waals surface area contributed by atoms with Gasteiger partial charge >= 0.3 is 0 Å². The van der Waals surface area contributed by atoms with E-state index in [1.807, 2.05) is 5.38 Å². The number of aromatic nitrogens is 2. The van der Waals surface area contributed by atoms with E-state index in [0.29, 0.717) is 16.3 Å². The second kappa shape index (κ2) is 7.04. The van der Waals surface area contributed by atoms with Gasteiger partial charge in [0, 0.05) is 30.3 Å². The van der Waals surface area contributed by atoms with Crippen LogP contribution in [0.2, 0.25) is 5.15 Å². The lowest BCUT2D eigenvalue weighted by atomic mass is 10.2. The Balaban J connectivity index is 1.77. The summed E-state index contributed by atoms with van der Waals surface area (Å²) in [5, 5.41) is 7.07. The normalized spacial score (nSPS) is 11.2. The van der Waals surface area contributed by atoms with E-state index >= 15 is 0 Å². The molecule has 0 aliphatic rings. The van der Waals surface area contributed by atoms with Crippen molar-refractivity contribution in [1.82, 2.24) is 9.38 Å². The molecule has 6 nitrogen and oxygen atoms in total. The summed E-state index contributed by atoms with van der Waals surface area (Å²) in [6.07, 6.45) is 4.52. The van der Waals surface area contributed by atoms with Gasteiger partial charge in [-0.05, 0) is 24.3 Å². The van der Waals surface area contributed by atoms with Crippen LogP contribution in [-0.2, 0) is 9.59 Å². The van der Waals surface area contributed by atoms with Gasteiger partial charge in [0.05, 0.1) is 11.4 Å². The highest BCUT2D eigenvalue weighted by atomic mass is 35.5. The van der Waals surface area contributed by atoms with Crippen LogP contribution < -0.4 is 10.6 Å². The van der Waals surface area contributed by atoms with Crippen molar-refractivity contribution in [3.63, 3.8) is 0 Å². The molecule has 2 N–H and O–H groups in total. The first-order chi connectivity index (χ1) is 11.9. The largest absolute Gasteiger partial charge is 0.326 e. The van der Waals surface area contributed by atoms with Crippen LogP contribution in [0.15, 0.2) is 35.9 Å². The molecule has 0 saturated heterocycles. The van der Waals surface area contributed by atoms with Gasteiger partial charge in [0.2, 0.25) is 11.8 Å². The van der Waals surface area contributed by atoms with Gasteiger partial charge in [-0.3, -0.25) is 14.0 Å². The molecule has 0 unspecified atom stereocenters. The van der Waals surface area contributed by atoms with Crippen LogP contribution in [0.1, 0.15) is 12.6 Å². The smallest absolute Gasteiger partial charge is 0.248 e. The highest BCUT2D eigenvalue weighted by molar-refractivity contribution is 7.15. The lowest BCUT2D eigenvalue weighted by molar-refractivity contribution is -0.114. The minimum Gasteiger partial charge on any atom is -0.326 e. The Morgan fingerprint density at radius 3 is 2.92 bits per heavy atom. The van der Waals surface area contributed by atoms with Gasteiger partial charge in [-0.1, -0.05) is 11.6 Å². The Kier molecular flexibility index (Phi) is 4.82. The average molecular weight is 379 g/mol. The molecule has 0 fully saturated rings. The van der Waals surface area contributed by atoms with Gasteiger partial charge in [0.15, 0.2) is 10.1 Å². The predicted molar refractivity (Wildman–Crippen MR) is 96.4 cm³/mol. The summed E-state index contributed by atoms with van der Waals surface area (Å²) < 4.78 is 15.6. The van der Waals surface area contributed by atoms with Crippen molar-refractivity contribution < 1.29 is 14.0 Å². The molecular weight excluding hydrogens is 367 g/mol. The summed E-state index contributed by atoms with van der Waals surface area (Å²) in [4.78, 5) is 28.0. The van der Waals surface area contributed by atoms with E-state index in [4.69, 9.17) is 11.6 Å². The fourth-order valence-corrected chi connectivity index (χ4v) is 3.16. The predicted octanol–water partition coefficient (Wildman–Crippen LogP) is 3.80. The van der Waals surface area contributed by atoms with Gasteiger partial charge in [0.1, 0.15) is 5.82 Å². The third kappa shape index (κ3) is 3.86. The monoisotopic (exact) mass is 378 g/mol. The van der Waals surface area contributed by atoms with Crippen molar-refractivity contribution in [2.45, 2.75) is 6.92 Å². The summed E-state index contributed by atoms with van der Waals surface area (Å²) in [6, 6.07) is 3.90. The third-order valence-electron chi connectivity index (χ3n) is 3.19. The average Bonchev–Trinajstić information content (AvgIpc) is 3.09. The van der Waals surface area contributed by atoms with Crippen LogP contribution in [-0.4, -0.2) is 21.2 Å². The molecule has 2 aromatic heterocycles. The van der Waals surface area contributed by atoms with Crippen LogP contribution in [0, 0.1) is 5.82 Å². The van der Waals surface area contributed by atoms with Crippen LogP contribution in [0.4, 0.5) is 15.8 Å². The maximum absolute atomic E-state index is 13.8. The molecule has 0 saturated carbocycles. The number of amides is 2. The Morgan fingerprint density at radius 2 is 2.16 bits per heavy atom. The molecule has 1 aromatic carbocycles. The number of rotatable bonds is 4. The molecule has 0 aliphatic carbocycles. The zero-order chi connectivity index (χ0) is 18.0. The topological polar surface area (TPSA) is 75.5 Å². The summed E-state index contributed by atoms with van der Waals surface area (Å²) in [5.41, 5.74) is 0.897. The number of hydrogen-bond donors (Lipinski definition) is 2. The summed E-state index contributed by atoms with van der Waals surface area (Å²) in [5.74, 6) is -1.45. The number of carbonyl (C=O) groups excluding carboxylic acids is 2. The fraction of sp³-hybridized carbons (Fsp3) is 0.0625. The molecule has 3 rings (SSSR count). The van der Waals surface area contributed by atoms with Crippen molar-refractivity contribution in [2.75, 3.05) is 10.6 Å². The maximum Gasteiger partial charge on any atom is 0.248 e. The van der Waals surface area contributed by atoms with E-state index < -0.39 is 11.7 Å². The first-order valence-corrected chi connectivity index (χ1v) is 8.37. The SMILES string of the molecule is CC(=O)Nc1ccc(F)c(NC(=O)/C=C/c2c(Cl)nc3sccn23)c1. The van der Waals surface area contributed by atoms with E-state index in [0.717, 1.165) is 6.07 Å². The summed E-state index contributed by atoms with van der Waals surface area (Å²) >= 11 is 7.46. The molecule has 0 spiro atoms. The van der Waals surface area contributed by atoms with Crippen LogP contribution >= 0.6 is 22.9 Å². The number of carbonyl (C=O) groups is 2. The van der Waals surface area contributed by atoms with E-state index in [9.17, 15) is 14.0 Å². The first kappa shape index (κ1) is 17.1. The number of nitrogens with zero attached hydrogens (tertiary/aromatic N) is 2. The van der Waals surface area contributed by atoms with Crippen molar-refractivity contribution in [3.05, 3.63) is 52.5 Å². The van der Waals surface area contributed by atoms with Crippen LogP contribution in [0.25, 0.3) is 11.0 Å². The lowest BCUT2D eigenvalue weighted by Crippen LogP contribution is -2.11. The highest BCUT2D eigenvalue weighted by Crippen LogP contribution is 2.23. The molecule has 0 aliphatic heterocycles. The number of hydrogen-bond acceptors (Lipinski definition) is 4. The Morgan fingerprint density at radius 1 is 1.36 bits per heavy atom. The fourth-order valence-electron chi connectivity index (χ4n) is 2.16. The van der Waals surface area contributed by atoms with Gasteiger partial charge in [0.25, 0.3) is 0 Å². The maximum atomic E-state index is 13.8. The first-order valence-electron chi connectivity index (χ1n) is 7.11. The number of fused-ring (bicyclic) bond motifs is 1. The van der Waals surface area contributed by atoms with Gasteiger partial charge < -0.3 is 10.6 Å². The quantitative estimate of drug-likeness (QED) is 0.678.